The predicted octanol–water partition coefficient (Wildman–Crippen LogP) is 2.19. The van der Waals surface area contributed by atoms with E-state index in [9.17, 15) is 10.1 Å². The summed E-state index contributed by atoms with van der Waals surface area (Å²) in [7, 11) is 0. The molecule has 8 nitrogen and oxygen atoms in total. The van der Waals surface area contributed by atoms with E-state index in [1.165, 1.54) is 12.5 Å². The number of ether oxygens (including phenoxy) is 2. The number of aromatic nitrogens is 3. The predicted molar refractivity (Wildman–Crippen MR) is 76.5 cm³/mol. The molecule has 1 aliphatic heterocycles. The first-order valence-electron chi connectivity index (χ1n) is 6.82. The molecule has 0 aromatic carbocycles. The Bertz CT molecular complexity index is 738. The van der Waals surface area contributed by atoms with Crippen molar-refractivity contribution in [2.75, 3.05) is 0 Å². The van der Waals surface area contributed by atoms with Gasteiger partial charge in [0.2, 0.25) is 12.1 Å². The quantitative estimate of drug-likeness (QED) is 0.637. The zero-order chi connectivity index (χ0) is 15.9. The third-order valence-electron chi connectivity index (χ3n) is 3.48. The van der Waals surface area contributed by atoms with Crippen molar-refractivity contribution in [3.63, 3.8) is 0 Å². The highest BCUT2D eigenvalue weighted by atomic mass is 16.7. The van der Waals surface area contributed by atoms with Gasteiger partial charge in [0.05, 0.1) is 18.8 Å². The fourth-order valence-corrected chi connectivity index (χ4v) is 2.35. The van der Waals surface area contributed by atoms with E-state index in [4.69, 9.17) is 9.47 Å². The van der Waals surface area contributed by atoms with Gasteiger partial charge in [0.1, 0.15) is 11.9 Å². The van der Waals surface area contributed by atoms with Crippen LogP contribution in [0.4, 0.5) is 5.82 Å². The van der Waals surface area contributed by atoms with Crippen molar-refractivity contribution in [3.8, 4) is 5.75 Å². The van der Waals surface area contributed by atoms with Crippen LogP contribution in [0.15, 0.2) is 18.7 Å². The molecular weight excluding hydrogens is 288 g/mol. The summed E-state index contributed by atoms with van der Waals surface area (Å²) in [6.45, 7) is 6.41. The van der Waals surface area contributed by atoms with Gasteiger partial charge in [-0.2, -0.15) is 0 Å². The number of rotatable bonds is 3. The topological polar surface area (TPSA) is 92.3 Å². The van der Waals surface area contributed by atoms with E-state index in [1.807, 2.05) is 20.8 Å². The van der Waals surface area contributed by atoms with Gasteiger partial charge >= 0.3 is 5.82 Å². The molecule has 0 atom stereocenters. The van der Waals surface area contributed by atoms with Crippen LogP contribution in [0.25, 0.3) is 0 Å². The Morgan fingerprint density at radius 1 is 1.45 bits per heavy atom. The zero-order valence-electron chi connectivity index (χ0n) is 12.6. The van der Waals surface area contributed by atoms with Crippen LogP contribution in [0.3, 0.4) is 0 Å². The molecule has 0 unspecified atom stereocenters. The van der Waals surface area contributed by atoms with Crippen LogP contribution in [0.5, 0.6) is 5.75 Å². The highest BCUT2D eigenvalue weighted by Crippen LogP contribution is 2.35. The van der Waals surface area contributed by atoms with E-state index < -0.39 is 10.7 Å². The summed E-state index contributed by atoms with van der Waals surface area (Å²) in [5, 5.41) is 10.7. The molecule has 0 radical (unpaired) electrons. The van der Waals surface area contributed by atoms with Crippen molar-refractivity contribution in [1.29, 1.82) is 0 Å². The van der Waals surface area contributed by atoms with Crippen LogP contribution < -0.4 is 4.74 Å². The van der Waals surface area contributed by atoms with Gasteiger partial charge in [-0.05, 0) is 22.4 Å². The SMILES string of the molecule is Cc1ncc(Cn2cnc([N+](=O)[O-])c2)c2c1OC(C)(C)OC2. The minimum absolute atomic E-state index is 0.178. The first kappa shape index (κ1) is 14.5. The van der Waals surface area contributed by atoms with Gasteiger partial charge < -0.3 is 24.2 Å². The number of nitro groups is 1. The number of fused-ring (bicyclic) bond motifs is 1. The lowest BCUT2D eigenvalue weighted by Gasteiger charge is -2.34. The van der Waals surface area contributed by atoms with Crippen LogP contribution in [0.2, 0.25) is 0 Å². The number of imidazole rings is 1. The standard InChI is InChI=1S/C14H16N4O4/c1-9-13-11(7-21-14(2,3)22-13)10(4-15-9)5-17-6-12(16-8-17)18(19)20/h4,6,8H,5,7H2,1-3H3. The van der Waals surface area contributed by atoms with Gasteiger partial charge in [-0.1, -0.05) is 0 Å². The maximum Gasteiger partial charge on any atom is 0.381 e. The molecule has 2 aromatic heterocycles. The summed E-state index contributed by atoms with van der Waals surface area (Å²) >= 11 is 0. The maximum absolute atomic E-state index is 10.7. The Hall–Kier alpha value is -2.48. The summed E-state index contributed by atoms with van der Waals surface area (Å²) < 4.78 is 13.2. The molecule has 1 aliphatic rings. The molecule has 2 aromatic rings. The van der Waals surface area contributed by atoms with E-state index >= 15 is 0 Å². The number of pyridine rings is 1. The molecule has 22 heavy (non-hydrogen) atoms. The van der Waals surface area contributed by atoms with Crippen LogP contribution in [-0.2, 0) is 17.9 Å². The lowest BCUT2D eigenvalue weighted by Crippen LogP contribution is -2.36. The Morgan fingerprint density at radius 3 is 2.91 bits per heavy atom. The normalized spacial score (nSPS) is 16.0. The van der Waals surface area contributed by atoms with Gasteiger partial charge in [0.15, 0.2) is 0 Å². The van der Waals surface area contributed by atoms with E-state index in [-0.39, 0.29) is 5.82 Å². The second kappa shape index (κ2) is 5.06. The second-order valence-electron chi connectivity index (χ2n) is 5.63. The van der Waals surface area contributed by atoms with Crippen molar-refractivity contribution < 1.29 is 14.4 Å². The molecule has 0 saturated heterocycles. The molecule has 0 saturated carbocycles. The minimum atomic E-state index is -0.689. The van der Waals surface area contributed by atoms with Crippen LogP contribution in [0, 0.1) is 17.0 Å². The summed E-state index contributed by atoms with van der Waals surface area (Å²) in [6, 6.07) is 0. The lowest BCUT2D eigenvalue weighted by atomic mass is 10.1. The summed E-state index contributed by atoms with van der Waals surface area (Å²) in [4.78, 5) is 18.3. The van der Waals surface area contributed by atoms with Crippen molar-refractivity contribution in [2.45, 2.75) is 39.7 Å². The molecule has 3 heterocycles. The van der Waals surface area contributed by atoms with Crippen LogP contribution in [-0.4, -0.2) is 25.2 Å². The third-order valence-corrected chi connectivity index (χ3v) is 3.48. The van der Waals surface area contributed by atoms with E-state index in [0.29, 0.717) is 13.2 Å². The monoisotopic (exact) mass is 304 g/mol. The molecule has 0 fully saturated rings. The number of nitrogens with zero attached hydrogens (tertiary/aromatic N) is 4. The van der Waals surface area contributed by atoms with Crippen molar-refractivity contribution in [1.82, 2.24) is 14.5 Å². The van der Waals surface area contributed by atoms with Crippen LogP contribution >= 0.6 is 0 Å². The van der Waals surface area contributed by atoms with Crippen molar-refractivity contribution in [3.05, 3.63) is 45.7 Å². The van der Waals surface area contributed by atoms with Gasteiger partial charge in [-0.25, -0.2) is 0 Å². The first-order valence-corrected chi connectivity index (χ1v) is 6.82. The summed E-state index contributed by atoms with van der Waals surface area (Å²) in [5.41, 5.74) is 2.61. The molecule has 0 amide bonds. The third kappa shape index (κ3) is 2.64. The number of aryl methyl sites for hydroxylation is 1. The fraction of sp³-hybridized carbons (Fsp3) is 0.429. The number of hydrogen-bond donors (Lipinski definition) is 0. The van der Waals surface area contributed by atoms with Crippen molar-refractivity contribution >= 4 is 5.82 Å². The highest BCUT2D eigenvalue weighted by Gasteiger charge is 2.30. The molecule has 3 rings (SSSR count). The Labute approximate surface area is 126 Å². The second-order valence-corrected chi connectivity index (χ2v) is 5.63. The highest BCUT2D eigenvalue weighted by molar-refractivity contribution is 5.43. The molecule has 0 spiro atoms. The van der Waals surface area contributed by atoms with E-state index in [0.717, 1.165) is 22.6 Å². The Kier molecular flexibility index (Phi) is 3.32. The maximum atomic E-state index is 10.7. The molecule has 0 N–H and O–H groups in total. The lowest BCUT2D eigenvalue weighted by molar-refractivity contribution is -0.389. The van der Waals surface area contributed by atoms with Gasteiger partial charge in [-0.15, -0.1) is 0 Å². The zero-order valence-corrected chi connectivity index (χ0v) is 12.6. The van der Waals surface area contributed by atoms with Gasteiger partial charge in [-0.3, -0.25) is 4.98 Å². The number of hydrogen-bond acceptors (Lipinski definition) is 6. The summed E-state index contributed by atoms with van der Waals surface area (Å²) in [5.74, 6) is -0.141. The van der Waals surface area contributed by atoms with Gasteiger partial charge in [0, 0.05) is 25.6 Å². The molecule has 0 bridgehead atoms. The Balaban J connectivity index is 1.93. The molecule has 0 aliphatic carbocycles. The minimum Gasteiger partial charge on any atom is -0.461 e. The molecule has 116 valence electrons. The van der Waals surface area contributed by atoms with Crippen molar-refractivity contribution in [2.24, 2.45) is 0 Å². The first-order chi connectivity index (χ1) is 10.4. The van der Waals surface area contributed by atoms with Gasteiger partial charge in [0.25, 0.3) is 0 Å². The molecular formula is C14H16N4O4. The fourth-order valence-electron chi connectivity index (χ4n) is 2.35. The van der Waals surface area contributed by atoms with Crippen LogP contribution in [0.1, 0.15) is 30.7 Å². The largest absolute Gasteiger partial charge is 0.461 e. The summed E-state index contributed by atoms with van der Waals surface area (Å²) in [6.07, 6.45) is 4.56. The van der Waals surface area contributed by atoms with E-state index in [1.54, 1.807) is 10.8 Å². The van der Waals surface area contributed by atoms with E-state index in [2.05, 4.69) is 9.97 Å². The molecule has 8 heteroatoms. The average Bonchev–Trinajstić information content (AvgIpc) is 2.90. The average molecular weight is 304 g/mol. The smallest absolute Gasteiger partial charge is 0.381 e. The Morgan fingerprint density at radius 2 is 2.23 bits per heavy atom.